The first-order chi connectivity index (χ1) is 8.15. The molecule has 0 aromatic carbocycles. The summed E-state index contributed by atoms with van der Waals surface area (Å²) in [6.07, 6.45) is 3.58. The van der Waals surface area contributed by atoms with Gasteiger partial charge in [0.15, 0.2) is 0 Å². The van der Waals surface area contributed by atoms with Crippen molar-refractivity contribution in [2.24, 2.45) is 5.92 Å². The van der Waals surface area contributed by atoms with Crippen LogP contribution in [0.25, 0.3) is 0 Å². The minimum atomic E-state index is 0.210. The number of rotatable bonds is 3. The van der Waals surface area contributed by atoms with Crippen LogP contribution in [0.4, 0.5) is 0 Å². The van der Waals surface area contributed by atoms with E-state index in [2.05, 4.69) is 13.0 Å². The van der Waals surface area contributed by atoms with Crippen LogP contribution in [0.1, 0.15) is 47.3 Å². The lowest BCUT2D eigenvalue weighted by Crippen LogP contribution is -2.29. The predicted octanol–water partition coefficient (Wildman–Crippen LogP) is 3.35. The van der Waals surface area contributed by atoms with E-state index in [0.717, 1.165) is 36.7 Å². The number of amides is 1. The SMILES string of the molecule is CCN(CC)C(=O)c1cc2c(s1)CCC(C)C2. The Kier molecular flexibility index (Phi) is 3.87. The molecule has 1 aromatic heterocycles. The number of nitrogens with zero attached hydrogens (tertiary/aromatic N) is 1. The van der Waals surface area contributed by atoms with Crippen LogP contribution in [0.15, 0.2) is 6.07 Å². The Labute approximate surface area is 108 Å². The zero-order chi connectivity index (χ0) is 12.4. The fourth-order valence-electron chi connectivity index (χ4n) is 2.48. The fraction of sp³-hybridized carbons (Fsp3) is 0.643. The third kappa shape index (κ3) is 2.54. The molecule has 94 valence electrons. The molecule has 0 spiro atoms. The number of carbonyl (C=O) groups is 1. The highest BCUT2D eigenvalue weighted by atomic mass is 32.1. The van der Waals surface area contributed by atoms with Crippen molar-refractivity contribution in [1.82, 2.24) is 4.90 Å². The zero-order valence-electron chi connectivity index (χ0n) is 11.0. The lowest BCUT2D eigenvalue weighted by molar-refractivity contribution is 0.0777. The second-order valence-corrected chi connectivity index (χ2v) is 6.02. The van der Waals surface area contributed by atoms with Crippen molar-refractivity contribution < 1.29 is 4.79 Å². The first-order valence-electron chi connectivity index (χ1n) is 6.56. The molecule has 0 aliphatic heterocycles. The second-order valence-electron chi connectivity index (χ2n) is 4.88. The molecule has 1 aliphatic rings. The molecule has 1 amide bonds. The summed E-state index contributed by atoms with van der Waals surface area (Å²) >= 11 is 1.71. The van der Waals surface area contributed by atoms with Gasteiger partial charge in [-0.3, -0.25) is 4.79 Å². The van der Waals surface area contributed by atoms with Crippen LogP contribution < -0.4 is 0 Å². The first kappa shape index (κ1) is 12.6. The topological polar surface area (TPSA) is 20.3 Å². The molecule has 2 rings (SSSR count). The minimum absolute atomic E-state index is 0.210. The van der Waals surface area contributed by atoms with Crippen LogP contribution in [-0.2, 0) is 12.8 Å². The smallest absolute Gasteiger partial charge is 0.263 e. The lowest BCUT2D eigenvalue weighted by Gasteiger charge is -2.17. The van der Waals surface area contributed by atoms with E-state index in [1.165, 1.54) is 16.9 Å². The molecule has 3 heteroatoms. The van der Waals surface area contributed by atoms with Crippen LogP contribution in [0.3, 0.4) is 0 Å². The molecule has 1 aliphatic carbocycles. The third-order valence-corrected chi connectivity index (χ3v) is 4.82. The molecular weight excluding hydrogens is 230 g/mol. The summed E-state index contributed by atoms with van der Waals surface area (Å²) < 4.78 is 0. The van der Waals surface area contributed by atoms with E-state index in [1.807, 2.05) is 18.7 Å². The highest BCUT2D eigenvalue weighted by molar-refractivity contribution is 7.14. The predicted molar refractivity (Wildman–Crippen MR) is 72.8 cm³/mol. The minimum Gasteiger partial charge on any atom is -0.339 e. The summed E-state index contributed by atoms with van der Waals surface area (Å²) in [5.74, 6) is 0.982. The van der Waals surface area contributed by atoms with Crippen molar-refractivity contribution in [3.05, 3.63) is 21.4 Å². The van der Waals surface area contributed by atoms with Gasteiger partial charge in [0, 0.05) is 18.0 Å². The highest BCUT2D eigenvalue weighted by Gasteiger charge is 2.22. The number of hydrogen-bond acceptors (Lipinski definition) is 2. The Morgan fingerprint density at radius 3 is 2.82 bits per heavy atom. The van der Waals surface area contributed by atoms with Gasteiger partial charge in [-0.05, 0) is 50.7 Å². The molecule has 0 saturated heterocycles. The van der Waals surface area contributed by atoms with E-state index in [0.29, 0.717) is 0 Å². The third-order valence-electron chi connectivity index (χ3n) is 3.59. The first-order valence-corrected chi connectivity index (χ1v) is 7.38. The van der Waals surface area contributed by atoms with E-state index in [4.69, 9.17) is 0 Å². The number of hydrogen-bond donors (Lipinski definition) is 0. The van der Waals surface area contributed by atoms with Gasteiger partial charge in [-0.2, -0.15) is 0 Å². The largest absolute Gasteiger partial charge is 0.339 e. The molecule has 17 heavy (non-hydrogen) atoms. The van der Waals surface area contributed by atoms with Gasteiger partial charge in [0.2, 0.25) is 0 Å². The van der Waals surface area contributed by atoms with Gasteiger partial charge in [0.25, 0.3) is 5.91 Å². The quantitative estimate of drug-likeness (QED) is 0.806. The molecule has 1 unspecified atom stereocenters. The van der Waals surface area contributed by atoms with Gasteiger partial charge in [0.1, 0.15) is 0 Å². The molecule has 0 bridgehead atoms. The Morgan fingerprint density at radius 1 is 1.47 bits per heavy atom. The van der Waals surface area contributed by atoms with Crippen LogP contribution in [-0.4, -0.2) is 23.9 Å². The van der Waals surface area contributed by atoms with Gasteiger partial charge < -0.3 is 4.90 Å². The molecule has 0 fully saturated rings. The van der Waals surface area contributed by atoms with Gasteiger partial charge in [0.05, 0.1) is 4.88 Å². The molecular formula is C14H21NOS. The van der Waals surface area contributed by atoms with E-state index >= 15 is 0 Å². The average Bonchev–Trinajstić information content (AvgIpc) is 2.73. The van der Waals surface area contributed by atoms with Crippen molar-refractivity contribution in [3.8, 4) is 0 Å². The summed E-state index contributed by atoms with van der Waals surface area (Å²) in [6, 6.07) is 2.14. The molecule has 0 saturated carbocycles. The molecule has 2 nitrogen and oxygen atoms in total. The van der Waals surface area contributed by atoms with Gasteiger partial charge in [-0.15, -0.1) is 11.3 Å². The summed E-state index contributed by atoms with van der Waals surface area (Å²) in [4.78, 5) is 16.5. The summed E-state index contributed by atoms with van der Waals surface area (Å²) in [6.45, 7) is 7.98. The van der Waals surface area contributed by atoms with Crippen LogP contribution in [0.5, 0.6) is 0 Å². The van der Waals surface area contributed by atoms with Crippen LogP contribution in [0, 0.1) is 5.92 Å². The van der Waals surface area contributed by atoms with Gasteiger partial charge in [-0.1, -0.05) is 6.92 Å². The van der Waals surface area contributed by atoms with Crippen LogP contribution in [0.2, 0.25) is 0 Å². The Morgan fingerprint density at radius 2 is 2.18 bits per heavy atom. The van der Waals surface area contributed by atoms with Crippen molar-refractivity contribution >= 4 is 17.2 Å². The number of aryl methyl sites for hydroxylation is 1. The van der Waals surface area contributed by atoms with E-state index in [9.17, 15) is 4.79 Å². The normalized spacial score (nSPS) is 18.9. The maximum Gasteiger partial charge on any atom is 0.263 e. The number of carbonyl (C=O) groups excluding carboxylic acids is 1. The highest BCUT2D eigenvalue weighted by Crippen LogP contribution is 2.32. The Balaban J connectivity index is 2.20. The van der Waals surface area contributed by atoms with Crippen molar-refractivity contribution in [2.75, 3.05) is 13.1 Å². The van der Waals surface area contributed by atoms with E-state index in [-0.39, 0.29) is 5.91 Å². The van der Waals surface area contributed by atoms with Crippen molar-refractivity contribution in [2.45, 2.75) is 40.0 Å². The molecule has 0 N–H and O–H groups in total. The summed E-state index contributed by atoms with van der Waals surface area (Å²) in [5.41, 5.74) is 1.42. The van der Waals surface area contributed by atoms with Crippen molar-refractivity contribution in [3.63, 3.8) is 0 Å². The molecule has 1 aromatic rings. The Hall–Kier alpha value is -0.830. The monoisotopic (exact) mass is 251 g/mol. The standard InChI is InChI=1S/C14H21NOS/c1-4-15(5-2)14(16)13-9-11-8-10(3)6-7-12(11)17-13/h9-10H,4-8H2,1-3H3. The van der Waals surface area contributed by atoms with Crippen LogP contribution >= 0.6 is 11.3 Å². The maximum absolute atomic E-state index is 12.2. The molecule has 0 radical (unpaired) electrons. The van der Waals surface area contributed by atoms with Crippen molar-refractivity contribution in [1.29, 1.82) is 0 Å². The fourth-order valence-corrected chi connectivity index (χ4v) is 3.65. The molecule has 1 atom stereocenters. The maximum atomic E-state index is 12.2. The zero-order valence-corrected chi connectivity index (χ0v) is 11.8. The lowest BCUT2D eigenvalue weighted by atomic mass is 9.90. The number of fused-ring (bicyclic) bond motifs is 1. The Bertz CT molecular complexity index is 406. The van der Waals surface area contributed by atoms with E-state index < -0.39 is 0 Å². The second kappa shape index (κ2) is 5.21. The van der Waals surface area contributed by atoms with E-state index in [1.54, 1.807) is 11.3 Å². The average molecular weight is 251 g/mol. The summed E-state index contributed by atoms with van der Waals surface area (Å²) in [5, 5.41) is 0. The summed E-state index contributed by atoms with van der Waals surface area (Å²) in [7, 11) is 0. The van der Waals surface area contributed by atoms with Gasteiger partial charge in [-0.25, -0.2) is 0 Å². The number of thiophene rings is 1. The molecule has 1 heterocycles. The van der Waals surface area contributed by atoms with Gasteiger partial charge >= 0.3 is 0 Å².